The molecule has 180 valence electrons. The summed E-state index contributed by atoms with van der Waals surface area (Å²) in [7, 11) is 4.83. The second-order valence-electron chi connectivity index (χ2n) is 7.54. The molecule has 4 aromatic heterocycles. The molecular weight excluding hydrogens is 451 g/mol. The van der Waals surface area contributed by atoms with Gasteiger partial charge in [-0.3, -0.25) is 9.67 Å². The van der Waals surface area contributed by atoms with Gasteiger partial charge in [-0.25, -0.2) is 19.3 Å². The van der Waals surface area contributed by atoms with Crippen molar-refractivity contribution < 1.29 is 13.9 Å². The number of rotatable bonds is 6. The van der Waals surface area contributed by atoms with E-state index in [2.05, 4.69) is 30.0 Å². The summed E-state index contributed by atoms with van der Waals surface area (Å²) in [6.07, 6.45) is 10.3. The monoisotopic (exact) mass is 476 g/mol. The maximum absolute atomic E-state index is 15.2. The number of imidazole rings is 1. The number of aromatic amines is 1. The molecule has 0 saturated carbocycles. The maximum Gasteiger partial charge on any atom is 0.188 e. The maximum atomic E-state index is 15.2. The van der Waals surface area contributed by atoms with E-state index in [0.29, 0.717) is 28.6 Å². The molecule has 35 heavy (non-hydrogen) atoms. The number of methoxy groups -OCH3 is 2. The van der Waals surface area contributed by atoms with Crippen molar-refractivity contribution in [1.82, 2.24) is 34.7 Å². The van der Waals surface area contributed by atoms with Gasteiger partial charge in [0.15, 0.2) is 17.2 Å². The zero-order chi connectivity index (χ0) is 24.8. The third-order valence-electron chi connectivity index (χ3n) is 5.03. The minimum absolute atomic E-state index is 0.0689. The van der Waals surface area contributed by atoms with Gasteiger partial charge in [-0.05, 0) is 24.6 Å². The largest absolute Gasteiger partial charge is 0.497 e. The van der Waals surface area contributed by atoms with E-state index < -0.39 is 5.82 Å². The van der Waals surface area contributed by atoms with Gasteiger partial charge in [-0.1, -0.05) is 0 Å². The average Bonchev–Trinajstić information content (AvgIpc) is 3.54. The molecule has 4 heterocycles. The third kappa shape index (κ3) is 5.52. The number of H-pyrrole nitrogens is 1. The fourth-order valence-corrected chi connectivity index (χ4v) is 3.38. The summed E-state index contributed by atoms with van der Waals surface area (Å²) in [6.45, 7) is 2.27. The number of benzene rings is 1. The van der Waals surface area contributed by atoms with Gasteiger partial charge in [0.2, 0.25) is 0 Å². The molecular formula is C24H25FN8O2. The smallest absolute Gasteiger partial charge is 0.188 e. The van der Waals surface area contributed by atoms with Crippen LogP contribution in [0.1, 0.15) is 11.4 Å². The summed E-state index contributed by atoms with van der Waals surface area (Å²) >= 11 is 0. The van der Waals surface area contributed by atoms with E-state index >= 15 is 4.39 Å². The molecule has 0 radical (unpaired) electrons. The van der Waals surface area contributed by atoms with Crippen molar-refractivity contribution in [2.75, 3.05) is 19.1 Å². The molecule has 5 aromatic rings. The summed E-state index contributed by atoms with van der Waals surface area (Å²) in [5.74, 6) is 1.12. The first-order valence-corrected chi connectivity index (χ1v) is 10.7. The Morgan fingerprint density at radius 3 is 2.51 bits per heavy atom. The Labute approximate surface area is 201 Å². The molecule has 10 nitrogen and oxygen atoms in total. The van der Waals surface area contributed by atoms with Crippen LogP contribution in [-0.4, -0.2) is 48.9 Å². The van der Waals surface area contributed by atoms with Crippen molar-refractivity contribution in [3.63, 3.8) is 0 Å². The second-order valence-corrected chi connectivity index (χ2v) is 7.54. The number of nitrogens with zero attached hydrogens (tertiary/aromatic N) is 7. The van der Waals surface area contributed by atoms with Crippen LogP contribution in [-0.2, 0) is 13.6 Å². The molecule has 0 fully saturated rings. The molecule has 1 aromatic carbocycles. The van der Waals surface area contributed by atoms with E-state index in [9.17, 15) is 0 Å². The van der Waals surface area contributed by atoms with Crippen LogP contribution >= 0.6 is 0 Å². The number of anilines is 2. The first-order valence-electron chi connectivity index (χ1n) is 10.7. The Kier molecular flexibility index (Phi) is 7.15. The number of pyridine rings is 1. The van der Waals surface area contributed by atoms with Crippen LogP contribution in [0.15, 0.2) is 61.4 Å². The van der Waals surface area contributed by atoms with Gasteiger partial charge in [0.25, 0.3) is 0 Å². The zero-order valence-electron chi connectivity index (χ0n) is 19.8. The van der Waals surface area contributed by atoms with Gasteiger partial charge in [0.05, 0.1) is 32.6 Å². The van der Waals surface area contributed by atoms with Crippen molar-refractivity contribution >= 4 is 22.7 Å². The van der Waals surface area contributed by atoms with Crippen LogP contribution in [0.5, 0.6) is 11.5 Å². The molecule has 0 spiro atoms. The number of hydrogen-bond donors (Lipinski definition) is 1. The van der Waals surface area contributed by atoms with E-state index in [1.165, 1.54) is 25.8 Å². The zero-order valence-corrected chi connectivity index (χ0v) is 19.8. The molecule has 11 heteroatoms. The molecule has 0 bridgehead atoms. The summed E-state index contributed by atoms with van der Waals surface area (Å²) in [4.78, 5) is 22.0. The Bertz CT molecular complexity index is 1390. The van der Waals surface area contributed by atoms with Crippen molar-refractivity contribution in [2.45, 2.75) is 13.5 Å². The minimum Gasteiger partial charge on any atom is -0.497 e. The first kappa shape index (κ1) is 23.6. The van der Waals surface area contributed by atoms with Crippen LogP contribution in [0.25, 0.3) is 11.2 Å². The topological polar surface area (TPSA) is 107 Å². The fourth-order valence-electron chi connectivity index (χ4n) is 3.38. The molecule has 0 atom stereocenters. The SMILES string of the molecule is COc1cc(OC)c(F)c(N(Cc2ncc[nH]2)c2ccc3nccnc3n2)c1.Cc1cnn(C)c1. The Hall–Kier alpha value is -4.54. The van der Waals surface area contributed by atoms with Crippen LogP contribution in [0.4, 0.5) is 15.9 Å². The highest BCUT2D eigenvalue weighted by molar-refractivity contribution is 5.74. The molecule has 0 unspecified atom stereocenters. The number of aromatic nitrogens is 7. The summed E-state index contributed by atoms with van der Waals surface area (Å²) < 4.78 is 27.4. The van der Waals surface area contributed by atoms with Crippen molar-refractivity contribution in [3.8, 4) is 11.5 Å². The minimum atomic E-state index is -0.532. The van der Waals surface area contributed by atoms with Gasteiger partial charge in [-0.2, -0.15) is 5.10 Å². The highest BCUT2D eigenvalue weighted by Gasteiger charge is 2.22. The fraction of sp³-hybridized carbons (Fsp3) is 0.208. The second kappa shape index (κ2) is 10.6. The molecule has 1 N–H and O–H groups in total. The van der Waals surface area contributed by atoms with E-state index in [1.54, 1.807) is 52.6 Å². The number of halogens is 1. The van der Waals surface area contributed by atoms with Gasteiger partial charge < -0.3 is 19.4 Å². The molecule has 0 amide bonds. The summed E-state index contributed by atoms with van der Waals surface area (Å²) in [5, 5.41) is 3.93. The number of aryl methyl sites for hydroxylation is 2. The lowest BCUT2D eigenvalue weighted by Gasteiger charge is -2.24. The van der Waals surface area contributed by atoms with Gasteiger partial charge in [0, 0.05) is 50.2 Å². The van der Waals surface area contributed by atoms with Crippen LogP contribution < -0.4 is 14.4 Å². The van der Waals surface area contributed by atoms with Crippen molar-refractivity contribution in [3.05, 3.63) is 78.7 Å². The predicted octanol–water partition coefficient (Wildman–Crippen LogP) is 3.97. The van der Waals surface area contributed by atoms with E-state index in [4.69, 9.17) is 9.47 Å². The van der Waals surface area contributed by atoms with E-state index in [1.807, 2.05) is 26.4 Å². The molecule has 0 aliphatic carbocycles. The lowest BCUT2D eigenvalue weighted by molar-refractivity contribution is 0.374. The summed E-state index contributed by atoms with van der Waals surface area (Å²) in [6, 6.07) is 6.62. The Morgan fingerprint density at radius 2 is 1.89 bits per heavy atom. The molecule has 5 rings (SSSR count). The van der Waals surface area contributed by atoms with Gasteiger partial charge in [-0.15, -0.1) is 0 Å². The van der Waals surface area contributed by atoms with Crippen LogP contribution in [0.3, 0.4) is 0 Å². The number of fused-ring (bicyclic) bond motifs is 1. The van der Waals surface area contributed by atoms with Crippen molar-refractivity contribution in [1.29, 1.82) is 0 Å². The quantitative estimate of drug-likeness (QED) is 0.392. The molecule has 0 saturated heterocycles. The lowest BCUT2D eigenvalue weighted by Crippen LogP contribution is -2.20. The number of hydrogen-bond acceptors (Lipinski definition) is 8. The Balaban J connectivity index is 0.000000356. The normalized spacial score (nSPS) is 10.5. The van der Waals surface area contributed by atoms with Crippen molar-refractivity contribution in [2.24, 2.45) is 7.05 Å². The predicted molar refractivity (Wildman–Crippen MR) is 129 cm³/mol. The van der Waals surface area contributed by atoms with Crippen LogP contribution in [0.2, 0.25) is 0 Å². The standard InChI is InChI=1S/C19H17FN6O2.C5H8N2/c1-27-12-9-14(18(20)15(10-12)28-2)26(11-16-22-6-7-23-16)17-4-3-13-19(25-17)24-8-5-21-13;1-5-3-6-7(2)4-5/h3-10H,11H2,1-2H3,(H,22,23);3-4H,1-2H3. The van der Waals surface area contributed by atoms with E-state index in [0.717, 1.165) is 0 Å². The number of nitrogens with one attached hydrogen (secondary N) is 1. The molecule has 0 aliphatic heterocycles. The van der Waals surface area contributed by atoms with E-state index in [-0.39, 0.29) is 18.0 Å². The van der Waals surface area contributed by atoms with Gasteiger partial charge in [0.1, 0.15) is 22.9 Å². The lowest BCUT2D eigenvalue weighted by atomic mass is 10.2. The molecule has 0 aliphatic rings. The first-order chi connectivity index (χ1) is 17.0. The number of ether oxygens (including phenoxy) is 2. The Morgan fingerprint density at radius 1 is 1.06 bits per heavy atom. The average molecular weight is 477 g/mol. The van der Waals surface area contributed by atoms with Gasteiger partial charge >= 0.3 is 0 Å². The summed E-state index contributed by atoms with van der Waals surface area (Å²) in [5.41, 5.74) is 2.55. The van der Waals surface area contributed by atoms with Crippen LogP contribution in [0, 0.1) is 12.7 Å². The third-order valence-corrected chi connectivity index (χ3v) is 5.03. The highest BCUT2D eigenvalue weighted by Crippen LogP contribution is 2.37. The highest BCUT2D eigenvalue weighted by atomic mass is 19.1.